The number of thiazole rings is 1. The van der Waals surface area contributed by atoms with E-state index in [1.54, 1.807) is 7.11 Å². The zero-order chi connectivity index (χ0) is 19.5. The van der Waals surface area contributed by atoms with Crippen molar-refractivity contribution in [3.8, 4) is 16.3 Å². The summed E-state index contributed by atoms with van der Waals surface area (Å²) < 4.78 is 5.30. The molecule has 1 aromatic heterocycles. The van der Waals surface area contributed by atoms with Crippen molar-refractivity contribution < 1.29 is 9.53 Å². The molecule has 2 aromatic rings. The van der Waals surface area contributed by atoms with E-state index in [2.05, 4.69) is 15.2 Å². The van der Waals surface area contributed by atoms with E-state index in [0.29, 0.717) is 16.8 Å². The highest BCUT2D eigenvalue weighted by Gasteiger charge is 2.33. The van der Waals surface area contributed by atoms with Gasteiger partial charge in [0, 0.05) is 18.2 Å². The van der Waals surface area contributed by atoms with Gasteiger partial charge in [0.15, 0.2) is 0 Å². The number of methoxy groups -OCH3 is 1. The second kappa shape index (κ2) is 8.62. The fourth-order valence-corrected chi connectivity index (χ4v) is 5.58. The fraction of sp³-hybridized carbons (Fsp3) is 0.545. The first kappa shape index (κ1) is 19.4. The third-order valence-electron chi connectivity index (χ3n) is 6.07. The van der Waals surface area contributed by atoms with Crippen LogP contribution < -0.4 is 10.1 Å². The lowest BCUT2D eigenvalue weighted by molar-refractivity contribution is 0.0576. The Kier molecular flexibility index (Phi) is 5.97. The first-order valence-electron chi connectivity index (χ1n) is 10.3. The highest BCUT2D eigenvalue weighted by atomic mass is 32.1. The van der Waals surface area contributed by atoms with Crippen LogP contribution in [0, 0.1) is 12.8 Å². The third-order valence-corrected chi connectivity index (χ3v) is 7.28. The zero-order valence-electron chi connectivity index (χ0n) is 16.7. The maximum atomic E-state index is 12.9. The van der Waals surface area contributed by atoms with Gasteiger partial charge in [-0.15, -0.1) is 11.3 Å². The van der Waals surface area contributed by atoms with Crippen molar-refractivity contribution in [1.82, 2.24) is 15.2 Å². The Hall–Kier alpha value is -1.92. The monoisotopic (exact) mass is 399 g/mol. The number of hydrogen-bond acceptors (Lipinski definition) is 5. The Bertz CT molecular complexity index is 833. The Balaban J connectivity index is 1.43. The molecule has 4 rings (SSSR count). The number of fused-ring (bicyclic) bond motifs is 1. The molecule has 6 heteroatoms. The molecule has 1 amide bonds. The average Bonchev–Trinajstić information content (AvgIpc) is 3.14. The number of hydrogen-bond donors (Lipinski definition) is 1. The first-order valence-corrected chi connectivity index (χ1v) is 11.1. The standard InChI is InChI=1S/C22H29N3O2S/c1-15-20(28-22(24-15)16-7-5-9-18(13-16)27-2)21(26)23-14-17-8-6-12-25-11-4-3-10-19(17)25/h5,7,9,13,17,19H,3-4,6,8,10-12,14H2,1-2H3,(H,23,26)/t17-,19?/m0/s1. The van der Waals surface area contributed by atoms with Crippen LogP contribution in [0.25, 0.3) is 10.6 Å². The van der Waals surface area contributed by atoms with Gasteiger partial charge in [-0.3, -0.25) is 4.79 Å². The van der Waals surface area contributed by atoms with Gasteiger partial charge >= 0.3 is 0 Å². The van der Waals surface area contributed by atoms with Crippen molar-refractivity contribution in [2.24, 2.45) is 5.92 Å². The molecule has 1 aromatic carbocycles. The van der Waals surface area contributed by atoms with E-state index in [0.717, 1.165) is 28.6 Å². The highest BCUT2D eigenvalue weighted by Crippen LogP contribution is 2.32. The molecule has 1 unspecified atom stereocenters. The minimum atomic E-state index is 0.0112. The van der Waals surface area contributed by atoms with Crippen LogP contribution in [0.15, 0.2) is 24.3 Å². The Labute approximate surface area is 171 Å². The Morgan fingerprint density at radius 1 is 1.29 bits per heavy atom. The number of benzene rings is 1. The Morgan fingerprint density at radius 3 is 3.00 bits per heavy atom. The van der Waals surface area contributed by atoms with Crippen LogP contribution in [0.2, 0.25) is 0 Å². The minimum Gasteiger partial charge on any atom is -0.497 e. The van der Waals surface area contributed by atoms with Crippen LogP contribution in [0.1, 0.15) is 47.5 Å². The molecule has 150 valence electrons. The van der Waals surface area contributed by atoms with Gasteiger partial charge in [0.1, 0.15) is 15.6 Å². The largest absolute Gasteiger partial charge is 0.497 e. The molecule has 0 saturated carbocycles. The van der Waals surface area contributed by atoms with Crippen molar-refractivity contribution in [1.29, 1.82) is 0 Å². The summed E-state index contributed by atoms with van der Waals surface area (Å²) in [5, 5.41) is 4.07. The smallest absolute Gasteiger partial charge is 0.263 e. The predicted molar refractivity (Wildman–Crippen MR) is 113 cm³/mol. The van der Waals surface area contributed by atoms with Crippen molar-refractivity contribution in [2.45, 2.75) is 45.1 Å². The molecule has 0 spiro atoms. The van der Waals surface area contributed by atoms with E-state index in [4.69, 9.17) is 4.74 Å². The quantitative estimate of drug-likeness (QED) is 0.822. The first-order chi connectivity index (χ1) is 13.7. The molecule has 0 bridgehead atoms. The maximum Gasteiger partial charge on any atom is 0.263 e. The molecule has 2 aliphatic heterocycles. The summed E-state index contributed by atoms with van der Waals surface area (Å²) >= 11 is 1.46. The van der Waals surface area contributed by atoms with E-state index in [9.17, 15) is 4.79 Å². The molecule has 1 N–H and O–H groups in total. The van der Waals surface area contributed by atoms with Crippen LogP contribution in [-0.4, -0.2) is 48.6 Å². The van der Waals surface area contributed by atoms with Crippen LogP contribution in [0.3, 0.4) is 0 Å². The number of piperidine rings is 2. The van der Waals surface area contributed by atoms with E-state index in [1.807, 2.05) is 31.2 Å². The highest BCUT2D eigenvalue weighted by molar-refractivity contribution is 7.17. The van der Waals surface area contributed by atoms with Crippen LogP contribution >= 0.6 is 11.3 Å². The summed E-state index contributed by atoms with van der Waals surface area (Å²) in [6.07, 6.45) is 6.39. The van der Waals surface area contributed by atoms with Gasteiger partial charge in [-0.25, -0.2) is 4.98 Å². The molecule has 5 nitrogen and oxygen atoms in total. The second-order valence-corrected chi connectivity index (χ2v) is 8.88. The minimum absolute atomic E-state index is 0.0112. The van der Waals surface area contributed by atoms with Gasteiger partial charge in [0.05, 0.1) is 12.8 Å². The SMILES string of the molecule is COc1cccc(-c2nc(C)c(C(=O)NC[C@@H]3CCCN4CCCCC34)s2)c1. The molecule has 2 saturated heterocycles. The molecule has 3 heterocycles. The molecule has 2 fully saturated rings. The van der Waals surface area contributed by atoms with E-state index < -0.39 is 0 Å². The summed E-state index contributed by atoms with van der Waals surface area (Å²) in [6.45, 7) is 5.14. The van der Waals surface area contributed by atoms with Gasteiger partial charge in [-0.1, -0.05) is 18.6 Å². The number of carbonyl (C=O) groups is 1. The van der Waals surface area contributed by atoms with Crippen molar-refractivity contribution in [3.05, 3.63) is 34.8 Å². The number of nitrogens with one attached hydrogen (secondary N) is 1. The normalized spacial score (nSPS) is 22.5. The van der Waals surface area contributed by atoms with E-state index in [1.165, 1.54) is 56.5 Å². The molecule has 0 radical (unpaired) electrons. The van der Waals surface area contributed by atoms with Gasteiger partial charge in [-0.2, -0.15) is 0 Å². The van der Waals surface area contributed by atoms with E-state index >= 15 is 0 Å². The summed E-state index contributed by atoms with van der Waals surface area (Å²) in [5.74, 6) is 1.38. The van der Waals surface area contributed by atoms with E-state index in [-0.39, 0.29) is 5.91 Å². The lowest BCUT2D eigenvalue weighted by Gasteiger charge is -2.44. The lowest BCUT2D eigenvalue weighted by atomic mass is 9.83. The average molecular weight is 400 g/mol. The van der Waals surface area contributed by atoms with Crippen molar-refractivity contribution in [3.63, 3.8) is 0 Å². The number of aromatic nitrogens is 1. The second-order valence-electron chi connectivity index (χ2n) is 7.88. The molecule has 0 aliphatic carbocycles. The summed E-state index contributed by atoms with van der Waals surface area (Å²) in [4.78, 5) is 20.8. The Morgan fingerprint density at radius 2 is 2.14 bits per heavy atom. The lowest BCUT2D eigenvalue weighted by Crippen LogP contribution is -2.50. The maximum absolute atomic E-state index is 12.9. The predicted octanol–water partition coefficient (Wildman–Crippen LogP) is 4.12. The van der Waals surface area contributed by atoms with Gasteiger partial charge < -0.3 is 15.0 Å². The number of amides is 1. The zero-order valence-corrected chi connectivity index (χ0v) is 17.6. The van der Waals surface area contributed by atoms with Crippen molar-refractivity contribution >= 4 is 17.2 Å². The summed E-state index contributed by atoms with van der Waals surface area (Å²) in [5.41, 5.74) is 1.78. The molecule has 2 aliphatic rings. The van der Waals surface area contributed by atoms with Crippen LogP contribution in [0.4, 0.5) is 0 Å². The summed E-state index contributed by atoms with van der Waals surface area (Å²) in [7, 11) is 1.66. The molecular formula is C22H29N3O2S. The number of aryl methyl sites for hydroxylation is 1. The van der Waals surface area contributed by atoms with Crippen LogP contribution in [0.5, 0.6) is 5.75 Å². The molecule has 28 heavy (non-hydrogen) atoms. The molecular weight excluding hydrogens is 370 g/mol. The fourth-order valence-electron chi connectivity index (χ4n) is 4.61. The molecule has 2 atom stereocenters. The topological polar surface area (TPSA) is 54.5 Å². The number of carbonyl (C=O) groups excluding carboxylic acids is 1. The van der Waals surface area contributed by atoms with Crippen molar-refractivity contribution in [2.75, 3.05) is 26.7 Å². The third kappa shape index (κ3) is 4.08. The van der Waals surface area contributed by atoms with Gasteiger partial charge in [0.25, 0.3) is 5.91 Å². The van der Waals surface area contributed by atoms with Gasteiger partial charge in [-0.05, 0) is 63.7 Å². The number of rotatable bonds is 5. The number of ether oxygens (including phenoxy) is 1. The van der Waals surface area contributed by atoms with Crippen LogP contribution in [-0.2, 0) is 0 Å². The van der Waals surface area contributed by atoms with Gasteiger partial charge in [0.2, 0.25) is 0 Å². The summed E-state index contributed by atoms with van der Waals surface area (Å²) in [6, 6.07) is 8.47. The number of nitrogens with zero attached hydrogens (tertiary/aromatic N) is 2.